The molecule has 0 unspecified atom stereocenters. The van der Waals surface area contributed by atoms with Crippen LogP contribution in [0.2, 0.25) is 0 Å². The van der Waals surface area contributed by atoms with Gasteiger partial charge in [-0.1, -0.05) is 6.42 Å². The molecule has 1 saturated carbocycles. The number of anilines is 2. The third-order valence-corrected chi connectivity index (χ3v) is 3.32. The molecule has 0 aromatic carbocycles. The monoisotopic (exact) mass is 232 g/mol. The van der Waals surface area contributed by atoms with Gasteiger partial charge >= 0.3 is 0 Å². The Kier molecular flexibility index (Phi) is 2.55. The molecule has 1 aliphatic carbocycles. The summed E-state index contributed by atoms with van der Waals surface area (Å²) >= 11 is 0. The number of rotatable bonds is 4. The standard InChI is InChI=1S/C11H16N6/c1-12-11-15-9(13-5-7-3-2-4-7)8-6-14-17-10(8)16-11/h6-7H,2-5H2,1H3,(H3,12,13,14,15,16,17). The van der Waals surface area contributed by atoms with Gasteiger partial charge in [0.05, 0.1) is 11.6 Å². The van der Waals surface area contributed by atoms with E-state index in [9.17, 15) is 0 Å². The zero-order valence-corrected chi connectivity index (χ0v) is 9.82. The summed E-state index contributed by atoms with van der Waals surface area (Å²) < 4.78 is 0. The maximum atomic E-state index is 4.43. The predicted molar refractivity (Wildman–Crippen MR) is 67.1 cm³/mol. The molecular weight excluding hydrogens is 216 g/mol. The molecule has 90 valence electrons. The highest BCUT2D eigenvalue weighted by Gasteiger charge is 2.18. The summed E-state index contributed by atoms with van der Waals surface area (Å²) in [5.74, 6) is 2.27. The number of H-pyrrole nitrogens is 1. The van der Waals surface area contributed by atoms with Gasteiger partial charge in [0.2, 0.25) is 5.95 Å². The van der Waals surface area contributed by atoms with Gasteiger partial charge in [-0.25, -0.2) is 0 Å². The first kappa shape index (κ1) is 10.3. The molecule has 0 amide bonds. The van der Waals surface area contributed by atoms with Crippen LogP contribution in [0.3, 0.4) is 0 Å². The van der Waals surface area contributed by atoms with Gasteiger partial charge in [-0.15, -0.1) is 0 Å². The van der Waals surface area contributed by atoms with Crippen molar-refractivity contribution in [3.05, 3.63) is 6.20 Å². The van der Waals surface area contributed by atoms with Crippen LogP contribution in [-0.4, -0.2) is 33.8 Å². The molecule has 1 fully saturated rings. The third kappa shape index (κ3) is 1.90. The Hall–Kier alpha value is -1.85. The van der Waals surface area contributed by atoms with Gasteiger partial charge in [0.25, 0.3) is 0 Å². The van der Waals surface area contributed by atoms with Crippen LogP contribution >= 0.6 is 0 Å². The number of aromatic amines is 1. The molecule has 3 N–H and O–H groups in total. The van der Waals surface area contributed by atoms with Crippen molar-refractivity contribution in [2.24, 2.45) is 5.92 Å². The first-order valence-corrected chi connectivity index (χ1v) is 5.99. The smallest absolute Gasteiger partial charge is 0.226 e. The number of hydrogen-bond donors (Lipinski definition) is 3. The SMILES string of the molecule is CNc1nc(NCC2CCC2)c2cn[nH]c2n1. The van der Waals surface area contributed by atoms with Crippen molar-refractivity contribution in [1.82, 2.24) is 20.2 Å². The topological polar surface area (TPSA) is 78.5 Å². The molecule has 6 heteroatoms. The van der Waals surface area contributed by atoms with Crippen LogP contribution in [0.15, 0.2) is 6.20 Å². The Balaban J connectivity index is 1.86. The van der Waals surface area contributed by atoms with Gasteiger partial charge in [-0.05, 0) is 18.8 Å². The highest BCUT2D eigenvalue weighted by molar-refractivity contribution is 5.86. The Morgan fingerprint density at radius 1 is 1.41 bits per heavy atom. The summed E-state index contributed by atoms with van der Waals surface area (Å²) in [4.78, 5) is 8.72. The molecule has 17 heavy (non-hydrogen) atoms. The molecular formula is C11H16N6. The van der Waals surface area contributed by atoms with Crippen LogP contribution in [0.5, 0.6) is 0 Å². The highest BCUT2D eigenvalue weighted by atomic mass is 15.2. The van der Waals surface area contributed by atoms with E-state index in [-0.39, 0.29) is 0 Å². The van der Waals surface area contributed by atoms with E-state index in [1.54, 1.807) is 6.20 Å². The number of hydrogen-bond acceptors (Lipinski definition) is 5. The summed E-state index contributed by atoms with van der Waals surface area (Å²) in [5.41, 5.74) is 0.764. The molecule has 0 atom stereocenters. The fourth-order valence-corrected chi connectivity index (χ4v) is 2.02. The fraction of sp³-hybridized carbons (Fsp3) is 0.545. The number of aromatic nitrogens is 4. The van der Waals surface area contributed by atoms with Gasteiger partial charge < -0.3 is 10.6 Å². The van der Waals surface area contributed by atoms with Crippen molar-refractivity contribution in [2.75, 3.05) is 24.2 Å². The Bertz CT molecular complexity index is 516. The average molecular weight is 232 g/mol. The number of nitrogens with one attached hydrogen (secondary N) is 3. The quantitative estimate of drug-likeness (QED) is 0.746. The summed E-state index contributed by atoms with van der Waals surface area (Å²) in [6, 6.07) is 0. The lowest BCUT2D eigenvalue weighted by molar-refractivity contribution is 0.333. The van der Waals surface area contributed by atoms with Gasteiger partial charge in [-0.3, -0.25) is 5.10 Å². The van der Waals surface area contributed by atoms with E-state index in [4.69, 9.17) is 0 Å². The molecule has 0 saturated heterocycles. The minimum absolute atomic E-state index is 0.609. The second-order valence-electron chi connectivity index (χ2n) is 4.46. The second kappa shape index (κ2) is 4.20. The average Bonchev–Trinajstić information content (AvgIpc) is 2.74. The van der Waals surface area contributed by atoms with Crippen LogP contribution in [0.1, 0.15) is 19.3 Å². The lowest BCUT2D eigenvalue weighted by Crippen LogP contribution is -2.21. The number of fused-ring (bicyclic) bond motifs is 1. The first-order valence-electron chi connectivity index (χ1n) is 5.99. The van der Waals surface area contributed by atoms with E-state index < -0.39 is 0 Å². The van der Waals surface area contributed by atoms with Crippen molar-refractivity contribution in [3.8, 4) is 0 Å². The van der Waals surface area contributed by atoms with Gasteiger partial charge in [0.15, 0.2) is 5.65 Å². The normalized spacial score (nSPS) is 15.8. The Morgan fingerprint density at radius 3 is 3.00 bits per heavy atom. The van der Waals surface area contributed by atoms with Crippen LogP contribution < -0.4 is 10.6 Å². The zero-order valence-electron chi connectivity index (χ0n) is 9.82. The Labute approximate surface area is 99.2 Å². The maximum absolute atomic E-state index is 4.43. The molecule has 0 spiro atoms. The van der Waals surface area contributed by atoms with Crippen LogP contribution in [0.25, 0.3) is 11.0 Å². The van der Waals surface area contributed by atoms with Crippen molar-refractivity contribution in [1.29, 1.82) is 0 Å². The summed E-state index contributed by atoms with van der Waals surface area (Å²) in [5, 5.41) is 14.2. The predicted octanol–water partition coefficient (Wildman–Crippen LogP) is 1.61. The van der Waals surface area contributed by atoms with Crippen LogP contribution in [0.4, 0.5) is 11.8 Å². The van der Waals surface area contributed by atoms with Crippen molar-refractivity contribution < 1.29 is 0 Å². The van der Waals surface area contributed by atoms with E-state index in [1.165, 1.54) is 19.3 Å². The Morgan fingerprint density at radius 2 is 2.29 bits per heavy atom. The molecule has 0 bridgehead atoms. The van der Waals surface area contributed by atoms with Gasteiger partial charge in [-0.2, -0.15) is 15.1 Å². The summed E-state index contributed by atoms with van der Waals surface area (Å²) in [6.45, 7) is 0.987. The molecule has 3 rings (SSSR count). The largest absolute Gasteiger partial charge is 0.369 e. The first-order chi connectivity index (χ1) is 8.36. The van der Waals surface area contributed by atoms with Gasteiger partial charge in [0.1, 0.15) is 5.82 Å². The van der Waals surface area contributed by atoms with Crippen molar-refractivity contribution in [2.45, 2.75) is 19.3 Å². The lowest BCUT2D eigenvalue weighted by Gasteiger charge is -2.25. The second-order valence-corrected chi connectivity index (χ2v) is 4.46. The minimum atomic E-state index is 0.609. The van der Waals surface area contributed by atoms with Crippen molar-refractivity contribution in [3.63, 3.8) is 0 Å². The van der Waals surface area contributed by atoms with E-state index in [1.807, 2.05) is 7.05 Å². The van der Waals surface area contributed by atoms with E-state index in [0.717, 1.165) is 29.3 Å². The summed E-state index contributed by atoms with van der Waals surface area (Å²) in [7, 11) is 1.81. The van der Waals surface area contributed by atoms with E-state index >= 15 is 0 Å². The van der Waals surface area contributed by atoms with Gasteiger partial charge in [0, 0.05) is 13.6 Å². The highest BCUT2D eigenvalue weighted by Crippen LogP contribution is 2.27. The van der Waals surface area contributed by atoms with Crippen molar-refractivity contribution >= 4 is 22.8 Å². The third-order valence-electron chi connectivity index (χ3n) is 3.32. The molecule has 1 aliphatic rings. The van der Waals surface area contributed by atoms with E-state index in [2.05, 4.69) is 30.8 Å². The molecule has 6 nitrogen and oxygen atoms in total. The zero-order chi connectivity index (χ0) is 11.7. The molecule has 2 aromatic rings. The molecule has 2 heterocycles. The number of nitrogens with zero attached hydrogens (tertiary/aromatic N) is 3. The fourth-order valence-electron chi connectivity index (χ4n) is 2.02. The summed E-state index contributed by atoms with van der Waals surface area (Å²) in [6.07, 6.45) is 5.77. The minimum Gasteiger partial charge on any atom is -0.369 e. The lowest BCUT2D eigenvalue weighted by atomic mass is 9.85. The molecule has 0 aliphatic heterocycles. The molecule has 2 aromatic heterocycles. The molecule has 0 radical (unpaired) electrons. The van der Waals surface area contributed by atoms with E-state index in [0.29, 0.717) is 5.95 Å². The van der Waals surface area contributed by atoms with Crippen LogP contribution in [0, 0.1) is 5.92 Å². The maximum Gasteiger partial charge on any atom is 0.226 e. The van der Waals surface area contributed by atoms with Crippen LogP contribution in [-0.2, 0) is 0 Å².